The number of benzene rings is 3. The summed E-state index contributed by atoms with van der Waals surface area (Å²) in [6, 6.07) is 19.1. The number of rotatable bonds is 5. The third-order valence-corrected chi connectivity index (χ3v) is 4.10. The first-order valence-electron chi connectivity index (χ1n) is 8.18. The van der Waals surface area contributed by atoms with Crippen LogP contribution in [0.15, 0.2) is 66.7 Å². The zero-order chi connectivity index (χ0) is 18.5. The van der Waals surface area contributed by atoms with Gasteiger partial charge >= 0.3 is 5.97 Å². The Morgan fingerprint density at radius 3 is 2.42 bits per heavy atom. The highest BCUT2D eigenvalue weighted by Gasteiger charge is 2.15. The highest BCUT2D eigenvalue weighted by molar-refractivity contribution is 5.96. The van der Waals surface area contributed by atoms with Gasteiger partial charge in [0.15, 0.2) is 6.61 Å². The number of hydrogen-bond acceptors (Lipinski definition) is 3. The average Bonchev–Trinajstić information content (AvgIpc) is 2.67. The quantitative estimate of drug-likeness (QED) is 0.657. The van der Waals surface area contributed by atoms with Crippen molar-refractivity contribution in [3.05, 3.63) is 83.7 Å². The molecular weight excluding hydrogens is 333 g/mol. The molecule has 0 aliphatic rings. The van der Waals surface area contributed by atoms with E-state index in [2.05, 4.69) is 0 Å². The molecular formula is C21H18FNO3. The van der Waals surface area contributed by atoms with Crippen LogP contribution < -0.4 is 0 Å². The van der Waals surface area contributed by atoms with Crippen LogP contribution in [0.5, 0.6) is 0 Å². The summed E-state index contributed by atoms with van der Waals surface area (Å²) in [6.07, 6.45) is 0. The van der Waals surface area contributed by atoms with Crippen molar-refractivity contribution in [1.82, 2.24) is 4.90 Å². The summed E-state index contributed by atoms with van der Waals surface area (Å²) in [5, 5.41) is 1.94. The van der Waals surface area contributed by atoms with Gasteiger partial charge in [0.2, 0.25) is 0 Å². The minimum Gasteiger partial charge on any atom is -0.452 e. The smallest absolute Gasteiger partial charge is 0.338 e. The number of ether oxygens (including phenoxy) is 1. The molecule has 5 heteroatoms. The maximum absolute atomic E-state index is 13.7. The Kier molecular flexibility index (Phi) is 5.27. The zero-order valence-electron chi connectivity index (χ0n) is 14.3. The molecule has 0 spiro atoms. The predicted octanol–water partition coefficient (Wildman–Crippen LogP) is 3.79. The molecule has 132 valence electrons. The molecule has 0 unspecified atom stereocenters. The molecule has 4 nitrogen and oxygen atoms in total. The SMILES string of the molecule is CN(Cc1ccccc1F)C(=O)COC(=O)c1ccc2ccccc2c1. The van der Waals surface area contributed by atoms with Gasteiger partial charge in [-0.15, -0.1) is 0 Å². The molecule has 3 aromatic carbocycles. The van der Waals surface area contributed by atoms with Crippen LogP contribution in [0.2, 0.25) is 0 Å². The first-order chi connectivity index (χ1) is 12.5. The molecule has 3 aromatic rings. The Morgan fingerprint density at radius 1 is 0.962 bits per heavy atom. The van der Waals surface area contributed by atoms with Crippen molar-refractivity contribution in [1.29, 1.82) is 0 Å². The second kappa shape index (κ2) is 7.78. The molecule has 0 fully saturated rings. The lowest BCUT2D eigenvalue weighted by Gasteiger charge is -2.17. The van der Waals surface area contributed by atoms with E-state index in [0.29, 0.717) is 11.1 Å². The van der Waals surface area contributed by atoms with Crippen LogP contribution in [0, 0.1) is 5.82 Å². The largest absolute Gasteiger partial charge is 0.452 e. The van der Waals surface area contributed by atoms with Crippen LogP contribution in [0.1, 0.15) is 15.9 Å². The van der Waals surface area contributed by atoms with E-state index in [1.54, 1.807) is 37.4 Å². The second-order valence-electron chi connectivity index (χ2n) is 5.98. The van der Waals surface area contributed by atoms with Crippen molar-refractivity contribution < 1.29 is 18.7 Å². The van der Waals surface area contributed by atoms with Crippen LogP contribution in [-0.4, -0.2) is 30.4 Å². The van der Waals surface area contributed by atoms with E-state index in [9.17, 15) is 14.0 Å². The van der Waals surface area contributed by atoms with Gasteiger partial charge in [0.1, 0.15) is 5.82 Å². The van der Waals surface area contributed by atoms with Gasteiger partial charge in [0.25, 0.3) is 5.91 Å². The molecule has 0 radical (unpaired) electrons. The molecule has 0 N–H and O–H groups in total. The minimum atomic E-state index is -0.566. The molecule has 0 atom stereocenters. The maximum Gasteiger partial charge on any atom is 0.338 e. The first-order valence-corrected chi connectivity index (χ1v) is 8.18. The summed E-state index contributed by atoms with van der Waals surface area (Å²) in [5.41, 5.74) is 0.789. The van der Waals surface area contributed by atoms with Crippen LogP contribution in [-0.2, 0) is 16.1 Å². The first kappa shape index (κ1) is 17.6. The highest BCUT2D eigenvalue weighted by atomic mass is 19.1. The van der Waals surface area contributed by atoms with Gasteiger partial charge in [-0.25, -0.2) is 9.18 Å². The number of carbonyl (C=O) groups excluding carboxylic acids is 2. The molecule has 0 aliphatic carbocycles. The summed E-state index contributed by atoms with van der Waals surface area (Å²) in [5.74, 6) is -1.34. The fourth-order valence-electron chi connectivity index (χ4n) is 2.61. The molecule has 0 bridgehead atoms. The van der Waals surface area contributed by atoms with E-state index in [1.807, 2.05) is 30.3 Å². The van der Waals surface area contributed by atoms with E-state index in [-0.39, 0.29) is 12.4 Å². The topological polar surface area (TPSA) is 46.6 Å². The monoisotopic (exact) mass is 351 g/mol. The predicted molar refractivity (Wildman–Crippen MR) is 97.1 cm³/mol. The van der Waals surface area contributed by atoms with Crippen molar-refractivity contribution in [2.45, 2.75) is 6.54 Å². The van der Waals surface area contributed by atoms with Crippen LogP contribution in [0.4, 0.5) is 4.39 Å². The molecule has 1 amide bonds. The number of fused-ring (bicyclic) bond motifs is 1. The maximum atomic E-state index is 13.7. The Morgan fingerprint density at radius 2 is 1.65 bits per heavy atom. The molecule has 3 rings (SSSR count). The Hall–Kier alpha value is -3.21. The van der Waals surface area contributed by atoms with E-state index < -0.39 is 18.5 Å². The lowest BCUT2D eigenvalue weighted by atomic mass is 10.1. The van der Waals surface area contributed by atoms with Crippen LogP contribution in [0.25, 0.3) is 10.8 Å². The molecule has 26 heavy (non-hydrogen) atoms. The van der Waals surface area contributed by atoms with Gasteiger partial charge in [-0.1, -0.05) is 48.5 Å². The third kappa shape index (κ3) is 4.06. The van der Waals surface area contributed by atoms with Gasteiger partial charge in [0, 0.05) is 19.2 Å². The Balaban J connectivity index is 1.59. The van der Waals surface area contributed by atoms with Crippen molar-refractivity contribution in [3.63, 3.8) is 0 Å². The van der Waals surface area contributed by atoms with E-state index in [4.69, 9.17) is 4.74 Å². The zero-order valence-corrected chi connectivity index (χ0v) is 14.3. The molecule has 0 aromatic heterocycles. The number of nitrogens with zero attached hydrogens (tertiary/aromatic N) is 1. The van der Waals surface area contributed by atoms with Crippen LogP contribution in [0.3, 0.4) is 0 Å². The van der Waals surface area contributed by atoms with Gasteiger partial charge in [-0.2, -0.15) is 0 Å². The Bertz CT molecular complexity index is 955. The fourth-order valence-corrected chi connectivity index (χ4v) is 2.61. The summed E-state index contributed by atoms with van der Waals surface area (Å²) < 4.78 is 18.8. The van der Waals surface area contributed by atoms with Crippen molar-refractivity contribution >= 4 is 22.6 Å². The van der Waals surface area contributed by atoms with E-state index in [1.165, 1.54) is 11.0 Å². The number of esters is 1. The summed E-state index contributed by atoms with van der Waals surface area (Å²) in [4.78, 5) is 25.6. The third-order valence-electron chi connectivity index (χ3n) is 4.10. The molecule has 0 saturated heterocycles. The fraction of sp³-hybridized carbons (Fsp3) is 0.143. The lowest BCUT2D eigenvalue weighted by molar-refractivity contribution is -0.133. The number of hydrogen-bond donors (Lipinski definition) is 0. The summed E-state index contributed by atoms with van der Waals surface area (Å²) >= 11 is 0. The van der Waals surface area contributed by atoms with Crippen molar-refractivity contribution in [3.8, 4) is 0 Å². The number of amides is 1. The van der Waals surface area contributed by atoms with E-state index in [0.717, 1.165) is 10.8 Å². The van der Waals surface area contributed by atoms with Crippen molar-refractivity contribution in [2.75, 3.05) is 13.7 Å². The van der Waals surface area contributed by atoms with Crippen LogP contribution >= 0.6 is 0 Å². The van der Waals surface area contributed by atoms with Gasteiger partial charge < -0.3 is 9.64 Å². The van der Waals surface area contributed by atoms with Crippen molar-refractivity contribution in [2.24, 2.45) is 0 Å². The molecule has 0 heterocycles. The number of carbonyl (C=O) groups is 2. The lowest BCUT2D eigenvalue weighted by Crippen LogP contribution is -2.31. The number of halogens is 1. The Labute approximate surface area is 150 Å². The van der Waals surface area contributed by atoms with Gasteiger partial charge in [0.05, 0.1) is 5.56 Å². The average molecular weight is 351 g/mol. The second-order valence-corrected chi connectivity index (χ2v) is 5.98. The minimum absolute atomic E-state index is 0.110. The normalized spacial score (nSPS) is 10.5. The number of likely N-dealkylation sites (N-methyl/N-ethyl adjacent to an activating group) is 1. The van der Waals surface area contributed by atoms with Gasteiger partial charge in [-0.3, -0.25) is 4.79 Å². The molecule has 0 saturated carbocycles. The summed E-state index contributed by atoms with van der Waals surface area (Å²) in [7, 11) is 1.54. The highest BCUT2D eigenvalue weighted by Crippen LogP contribution is 2.16. The standard InChI is InChI=1S/C21H18FNO3/c1-23(13-18-8-4-5-9-19(18)22)20(24)14-26-21(25)17-11-10-15-6-2-3-7-16(15)12-17/h2-12H,13-14H2,1H3. The summed E-state index contributed by atoms with van der Waals surface area (Å²) in [6.45, 7) is -0.282. The van der Waals surface area contributed by atoms with Gasteiger partial charge in [-0.05, 0) is 29.0 Å². The van der Waals surface area contributed by atoms with E-state index >= 15 is 0 Å². The molecule has 0 aliphatic heterocycles.